The maximum atomic E-state index is 12.4. The molecule has 1 aromatic heterocycles. The van der Waals surface area contributed by atoms with Crippen molar-refractivity contribution in [1.29, 1.82) is 0 Å². The molecule has 3 rings (SSSR count). The van der Waals surface area contributed by atoms with Gasteiger partial charge in [0.15, 0.2) is 5.13 Å². The van der Waals surface area contributed by atoms with Gasteiger partial charge in [0.05, 0.1) is 18.6 Å². The molecular formula is C19H19N3O4S2. The molecule has 0 aliphatic carbocycles. The molecule has 2 aromatic carbocycles. The maximum absolute atomic E-state index is 12.4. The van der Waals surface area contributed by atoms with E-state index in [0.29, 0.717) is 34.4 Å². The first-order valence-electron chi connectivity index (χ1n) is 8.42. The van der Waals surface area contributed by atoms with Crippen LogP contribution in [0.25, 0.3) is 11.3 Å². The number of thiazole rings is 1. The number of nitrogens with one attached hydrogen (secondary N) is 2. The largest absolute Gasteiger partial charge is 0.494 e. The highest BCUT2D eigenvalue weighted by Gasteiger charge is 2.11. The minimum Gasteiger partial charge on any atom is -0.494 e. The van der Waals surface area contributed by atoms with Crippen LogP contribution in [0.2, 0.25) is 0 Å². The van der Waals surface area contributed by atoms with Gasteiger partial charge < -0.3 is 4.74 Å². The van der Waals surface area contributed by atoms with E-state index in [4.69, 9.17) is 4.74 Å². The Balaban J connectivity index is 1.67. The van der Waals surface area contributed by atoms with E-state index in [2.05, 4.69) is 15.0 Å². The van der Waals surface area contributed by atoms with Gasteiger partial charge in [-0.2, -0.15) is 0 Å². The van der Waals surface area contributed by atoms with E-state index in [1.807, 2.05) is 12.3 Å². The van der Waals surface area contributed by atoms with Gasteiger partial charge in [0.2, 0.25) is 10.0 Å². The number of amides is 1. The van der Waals surface area contributed by atoms with Crippen LogP contribution in [-0.2, 0) is 10.0 Å². The molecule has 146 valence electrons. The number of hydrogen-bond acceptors (Lipinski definition) is 6. The summed E-state index contributed by atoms with van der Waals surface area (Å²) in [5.74, 6) is 0.459. The van der Waals surface area contributed by atoms with Crippen molar-refractivity contribution in [3.63, 3.8) is 0 Å². The van der Waals surface area contributed by atoms with Gasteiger partial charge in [-0.15, -0.1) is 11.3 Å². The summed E-state index contributed by atoms with van der Waals surface area (Å²) in [4.78, 5) is 16.8. The van der Waals surface area contributed by atoms with Crippen LogP contribution in [0.15, 0.2) is 53.9 Å². The highest BCUT2D eigenvalue weighted by molar-refractivity contribution is 7.92. The Kier molecular flexibility index (Phi) is 5.96. The summed E-state index contributed by atoms with van der Waals surface area (Å²) in [5, 5.41) is 5.08. The van der Waals surface area contributed by atoms with Crippen molar-refractivity contribution in [3.8, 4) is 17.0 Å². The van der Waals surface area contributed by atoms with Crippen molar-refractivity contribution < 1.29 is 17.9 Å². The summed E-state index contributed by atoms with van der Waals surface area (Å²) in [5.41, 5.74) is 2.50. The van der Waals surface area contributed by atoms with Crippen LogP contribution in [0.5, 0.6) is 5.75 Å². The number of ether oxygens (including phenoxy) is 1. The number of anilines is 2. The zero-order valence-corrected chi connectivity index (χ0v) is 16.9. The summed E-state index contributed by atoms with van der Waals surface area (Å²) in [6.45, 7) is 2.47. The minimum atomic E-state index is -3.32. The lowest BCUT2D eigenvalue weighted by atomic mass is 10.1. The average Bonchev–Trinajstić information content (AvgIpc) is 3.10. The molecule has 0 aliphatic rings. The van der Waals surface area contributed by atoms with E-state index in [9.17, 15) is 13.2 Å². The standard InChI is InChI=1S/C19H19N3O4S2/c1-3-26-16-10-6-14(7-11-16)18(23)21-19-20-17(12-27-19)13-4-8-15(9-5-13)22-28(2,24)25/h4-12,22H,3H2,1-2H3,(H,20,21,23). The average molecular weight is 418 g/mol. The normalized spacial score (nSPS) is 11.1. The third-order valence-electron chi connectivity index (χ3n) is 3.64. The Labute approximate surface area is 167 Å². The van der Waals surface area contributed by atoms with Gasteiger partial charge in [0, 0.05) is 22.2 Å². The predicted octanol–water partition coefficient (Wildman–Crippen LogP) is 3.83. The molecule has 0 fully saturated rings. The number of aromatic nitrogens is 1. The van der Waals surface area contributed by atoms with Crippen LogP contribution >= 0.6 is 11.3 Å². The molecule has 1 amide bonds. The lowest BCUT2D eigenvalue weighted by Crippen LogP contribution is -2.11. The summed E-state index contributed by atoms with van der Waals surface area (Å²) < 4.78 is 30.3. The first-order chi connectivity index (χ1) is 13.3. The Morgan fingerprint density at radius 2 is 1.79 bits per heavy atom. The number of benzene rings is 2. The number of nitrogens with zero attached hydrogens (tertiary/aromatic N) is 1. The lowest BCUT2D eigenvalue weighted by Gasteiger charge is -2.05. The Hall–Kier alpha value is -2.91. The molecule has 0 saturated carbocycles. The second-order valence-electron chi connectivity index (χ2n) is 5.90. The molecule has 7 nitrogen and oxygen atoms in total. The molecule has 0 radical (unpaired) electrons. The molecule has 3 aromatic rings. The smallest absolute Gasteiger partial charge is 0.257 e. The highest BCUT2D eigenvalue weighted by Crippen LogP contribution is 2.26. The molecule has 1 heterocycles. The zero-order chi connectivity index (χ0) is 20.1. The fraction of sp³-hybridized carbons (Fsp3) is 0.158. The molecule has 0 aliphatic heterocycles. The van der Waals surface area contributed by atoms with Crippen molar-refractivity contribution >= 4 is 38.1 Å². The van der Waals surface area contributed by atoms with Crippen molar-refractivity contribution in [2.24, 2.45) is 0 Å². The van der Waals surface area contributed by atoms with Gasteiger partial charge in [-0.05, 0) is 43.3 Å². The van der Waals surface area contributed by atoms with Crippen molar-refractivity contribution in [1.82, 2.24) is 4.98 Å². The fourth-order valence-electron chi connectivity index (χ4n) is 2.43. The summed E-state index contributed by atoms with van der Waals surface area (Å²) in [7, 11) is -3.32. The van der Waals surface area contributed by atoms with E-state index < -0.39 is 10.0 Å². The molecular weight excluding hydrogens is 398 g/mol. The molecule has 0 saturated heterocycles. The van der Waals surface area contributed by atoms with E-state index in [-0.39, 0.29) is 5.91 Å². The maximum Gasteiger partial charge on any atom is 0.257 e. The third-order valence-corrected chi connectivity index (χ3v) is 5.00. The number of carbonyl (C=O) groups excluding carboxylic acids is 1. The Morgan fingerprint density at radius 1 is 1.11 bits per heavy atom. The van der Waals surface area contributed by atoms with E-state index >= 15 is 0 Å². The Morgan fingerprint density at radius 3 is 2.39 bits per heavy atom. The van der Waals surface area contributed by atoms with Crippen molar-refractivity contribution in [2.45, 2.75) is 6.92 Å². The van der Waals surface area contributed by atoms with Crippen molar-refractivity contribution in [3.05, 3.63) is 59.5 Å². The van der Waals surface area contributed by atoms with Gasteiger partial charge in [-0.1, -0.05) is 12.1 Å². The molecule has 2 N–H and O–H groups in total. The molecule has 0 unspecified atom stereocenters. The molecule has 28 heavy (non-hydrogen) atoms. The van der Waals surface area contributed by atoms with Crippen LogP contribution in [0.3, 0.4) is 0 Å². The first kappa shape index (κ1) is 19.8. The van der Waals surface area contributed by atoms with Crippen LogP contribution in [0.1, 0.15) is 17.3 Å². The fourth-order valence-corrected chi connectivity index (χ4v) is 3.70. The number of rotatable bonds is 7. The topological polar surface area (TPSA) is 97.4 Å². The molecule has 9 heteroatoms. The second kappa shape index (κ2) is 8.41. The molecule has 0 spiro atoms. The number of sulfonamides is 1. The zero-order valence-electron chi connectivity index (χ0n) is 15.3. The van der Waals surface area contributed by atoms with E-state index in [1.165, 1.54) is 11.3 Å². The van der Waals surface area contributed by atoms with Crippen LogP contribution in [0, 0.1) is 0 Å². The van der Waals surface area contributed by atoms with Gasteiger partial charge in [0.25, 0.3) is 5.91 Å². The molecule has 0 bridgehead atoms. The van der Waals surface area contributed by atoms with Gasteiger partial charge in [0.1, 0.15) is 5.75 Å². The van der Waals surface area contributed by atoms with Gasteiger partial charge >= 0.3 is 0 Å². The van der Waals surface area contributed by atoms with Crippen molar-refractivity contribution in [2.75, 3.05) is 22.9 Å². The highest BCUT2D eigenvalue weighted by atomic mass is 32.2. The Bertz CT molecular complexity index is 1060. The quantitative estimate of drug-likeness (QED) is 0.609. The second-order valence-corrected chi connectivity index (χ2v) is 8.51. The lowest BCUT2D eigenvalue weighted by molar-refractivity contribution is 0.102. The third kappa shape index (κ3) is 5.30. The summed E-state index contributed by atoms with van der Waals surface area (Å²) in [6.07, 6.45) is 1.10. The number of hydrogen-bond donors (Lipinski definition) is 2. The minimum absolute atomic E-state index is 0.253. The van der Waals surface area contributed by atoms with Crippen LogP contribution in [0.4, 0.5) is 10.8 Å². The first-order valence-corrected chi connectivity index (χ1v) is 11.2. The van der Waals surface area contributed by atoms with Crippen LogP contribution < -0.4 is 14.8 Å². The van der Waals surface area contributed by atoms with E-state index in [1.54, 1.807) is 48.5 Å². The van der Waals surface area contributed by atoms with Gasteiger partial charge in [-0.25, -0.2) is 13.4 Å². The molecule has 0 atom stereocenters. The summed E-state index contributed by atoms with van der Waals surface area (Å²) >= 11 is 1.31. The SMILES string of the molecule is CCOc1ccc(C(=O)Nc2nc(-c3ccc(NS(C)(=O)=O)cc3)cs2)cc1. The van der Waals surface area contributed by atoms with Gasteiger partial charge in [-0.3, -0.25) is 14.8 Å². The summed E-state index contributed by atoms with van der Waals surface area (Å²) in [6, 6.07) is 13.7. The van der Waals surface area contributed by atoms with Crippen LogP contribution in [-0.4, -0.2) is 32.2 Å². The predicted molar refractivity (Wildman–Crippen MR) is 112 cm³/mol. The monoisotopic (exact) mass is 417 g/mol. The number of carbonyl (C=O) groups is 1. The van der Waals surface area contributed by atoms with E-state index in [0.717, 1.165) is 11.8 Å².